The fourth-order valence-electron chi connectivity index (χ4n) is 4.77. The van der Waals surface area contributed by atoms with E-state index in [0.717, 1.165) is 11.1 Å². The number of hydrogen-bond donors (Lipinski definition) is 6. The Balaban J connectivity index is 1.75. The maximum absolute atomic E-state index is 13.7. The molecule has 0 aliphatic heterocycles. The van der Waals surface area contributed by atoms with Crippen LogP contribution in [-0.2, 0) is 36.8 Å². The topological polar surface area (TPSA) is 193 Å². The number of amides is 3. The first-order valence-corrected chi connectivity index (χ1v) is 15.4. The molecule has 2 aromatic rings. The van der Waals surface area contributed by atoms with Gasteiger partial charge >= 0.3 is 5.97 Å². The van der Waals surface area contributed by atoms with E-state index in [1.165, 1.54) is 25.3 Å². The summed E-state index contributed by atoms with van der Waals surface area (Å²) < 4.78 is 4.74. The molecule has 248 valence electrons. The minimum atomic E-state index is -1.10. The molecule has 0 bridgehead atoms. The molecule has 5 N–H and O–H groups in total. The van der Waals surface area contributed by atoms with Crippen molar-refractivity contribution in [2.24, 2.45) is 0 Å². The van der Waals surface area contributed by atoms with Crippen LogP contribution in [0.5, 0.6) is 0 Å². The molecule has 14 heteroatoms. The number of rotatable bonds is 16. The number of nitrogens with one attached hydrogen (secondary N) is 5. The molecular weight excluding hydrogens is 624 g/mol. The molecule has 2 aromatic carbocycles. The van der Waals surface area contributed by atoms with Crippen molar-refractivity contribution in [3.8, 4) is 0 Å². The Morgan fingerprint density at radius 2 is 1.43 bits per heavy atom. The lowest BCUT2D eigenvalue weighted by Gasteiger charge is -2.25. The van der Waals surface area contributed by atoms with Gasteiger partial charge in [0.05, 0.1) is 29.0 Å². The highest BCUT2D eigenvalue weighted by molar-refractivity contribution is 7.80. The van der Waals surface area contributed by atoms with Crippen LogP contribution in [0.15, 0.2) is 95.9 Å². The molecule has 3 amide bonds. The second-order valence-electron chi connectivity index (χ2n) is 10.5. The Bertz CT molecular complexity index is 1560. The van der Waals surface area contributed by atoms with Gasteiger partial charge in [-0.25, -0.2) is 4.79 Å². The van der Waals surface area contributed by atoms with E-state index in [9.17, 15) is 29.3 Å². The molecule has 0 aromatic heterocycles. The number of esters is 1. The first-order chi connectivity index (χ1) is 22.6. The number of carbonyl (C=O) groups excluding carboxylic acids is 4. The van der Waals surface area contributed by atoms with Crippen molar-refractivity contribution in [1.82, 2.24) is 21.3 Å². The van der Waals surface area contributed by atoms with E-state index in [4.69, 9.17) is 10.1 Å². The van der Waals surface area contributed by atoms with Gasteiger partial charge in [-0.05, 0) is 24.1 Å². The highest BCUT2D eigenvalue weighted by Crippen LogP contribution is 2.20. The third kappa shape index (κ3) is 10.7. The van der Waals surface area contributed by atoms with Gasteiger partial charge in [-0.15, -0.1) is 0 Å². The van der Waals surface area contributed by atoms with Crippen LogP contribution in [0, 0.1) is 15.5 Å². The van der Waals surface area contributed by atoms with Gasteiger partial charge in [0.15, 0.2) is 0 Å². The van der Waals surface area contributed by atoms with Crippen molar-refractivity contribution in [2.75, 3.05) is 19.4 Å². The lowest BCUT2D eigenvalue weighted by Crippen LogP contribution is -2.57. The van der Waals surface area contributed by atoms with Crippen molar-refractivity contribution in [1.29, 1.82) is 5.41 Å². The molecule has 3 rings (SSSR count). The van der Waals surface area contributed by atoms with Gasteiger partial charge in [-0.3, -0.25) is 29.9 Å². The summed E-state index contributed by atoms with van der Waals surface area (Å²) >= 11 is 4.13. The Hall–Kier alpha value is -5.24. The van der Waals surface area contributed by atoms with Crippen molar-refractivity contribution in [3.63, 3.8) is 0 Å². The van der Waals surface area contributed by atoms with E-state index >= 15 is 0 Å². The Morgan fingerprint density at radius 3 is 1.91 bits per heavy atom. The zero-order valence-electron chi connectivity index (χ0n) is 26.0. The first kappa shape index (κ1) is 36.2. The molecule has 3 unspecified atom stereocenters. The van der Waals surface area contributed by atoms with Gasteiger partial charge in [0.25, 0.3) is 5.70 Å². The predicted molar refractivity (Wildman–Crippen MR) is 179 cm³/mol. The van der Waals surface area contributed by atoms with Crippen molar-refractivity contribution in [3.05, 3.63) is 117 Å². The van der Waals surface area contributed by atoms with Crippen molar-refractivity contribution >= 4 is 42.0 Å². The van der Waals surface area contributed by atoms with E-state index in [-0.39, 0.29) is 48.5 Å². The third-order valence-electron chi connectivity index (χ3n) is 7.21. The summed E-state index contributed by atoms with van der Waals surface area (Å²) in [6.07, 6.45) is 4.33. The molecule has 0 heterocycles. The fraction of sp³-hybridized carbons (Fsp3) is 0.303. The van der Waals surface area contributed by atoms with Crippen LogP contribution in [0.4, 0.5) is 0 Å². The van der Waals surface area contributed by atoms with Gasteiger partial charge in [-0.2, -0.15) is 12.6 Å². The summed E-state index contributed by atoms with van der Waals surface area (Å²) in [6, 6.07) is 14.9. The smallest absolute Gasteiger partial charge is 0.329 e. The van der Waals surface area contributed by atoms with Gasteiger partial charge in [0, 0.05) is 37.6 Å². The molecule has 0 saturated heterocycles. The van der Waals surface area contributed by atoms with Gasteiger partial charge < -0.3 is 26.0 Å². The first-order valence-electron chi connectivity index (χ1n) is 14.8. The quantitative estimate of drug-likeness (QED) is 0.0681. The highest BCUT2D eigenvalue weighted by Gasteiger charge is 2.30. The zero-order chi connectivity index (χ0) is 34.3. The number of ether oxygens (including phenoxy) is 1. The summed E-state index contributed by atoms with van der Waals surface area (Å²) in [6.45, 7) is 1.68. The minimum Gasteiger partial charge on any atom is -0.467 e. The predicted octanol–water partition coefficient (Wildman–Crippen LogP) is 2.03. The van der Waals surface area contributed by atoms with Crippen LogP contribution >= 0.6 is 12.6 Å². The maximum Gasteiger partial charge on any atom is 0.329 e. The summed E-state index contributed by atoms with van der Waals surface area (Å²) in [4.78, 5) is 63.0. The molecule has 13 nitrogen and oxygen atoms in total. The summed E-state index contributed by atoms with van der Waals surface area (Å²) in [5.74, 6) is -2.42. The largest absolute Gasteiger partial charge is 0.467 e. The summed E-state index contributed by atoms with van der Waals surface area (Å²) in [5.41, 5.74) is 1.73. The van der Waals surface area contributed by atoms with Gasteiger partial charge in [0.1, 0.15) is 18.1 Å². The maximum atomic E-state index is 13.7. The molecule has 0 saturated carbocycles. The molecule has 47 heavy (non-hydrogen) atoms. The normalized spacial score (nSPS) is 15.3. The summed E-state index contributed by atoms with van der Waals surface area (Å²) in [5, 5.41) is 30.6. The van der Waals surface area contributed by atoms with Crippen LogP contribution in [0.2, 0.25) is 0 Å². The number of carbonyl (C=O) groups is 4. The monoisotopic (exact) mass is 662 g/mol. The highest BCUT2D eigenvalue weighted by atomic mass is 32.1. The average molecular weight is 663 g/mol. The SMILES string of the molecule is CC=C1C(=N)C(NCCC(=O)NC(Cc2ccccc2)C(=O)NC(Cc2ccccc2)C(=O)NC(CS)C(=O)OC)=CC=C1[N+](=O)[O-]. The third-order valence-corrected chi connectivity index (χ3v) is 7.58. The van der Waals surface area contributed by atoms with Crippen LogP contribution < -0.4 is 21.3 Å². The minimum absolute atomic E-state index is 0.0231. The molecule has 1 aliphatic carbocycles. The molecule has 3 atom stereocenters. The Kier molecular flexibility index (Phi) is 13.9. The number of benzene rings is 2. The van der Waals surface area contributed by atoms with Crippen molar-refractivity contribution in [2.45, 2.75) is 44.3 Å². The van der Waals surface area contributed by atoms with Crippen LogP contribution in [0.3, 0.4) is 0 Å². The number of allylic oxidation sites excluding steroid dienone is 5. The Morgan fingerprint density at radius 1 is 0.894 bits per heavy atom. The van der Waals surface area contributed by atoms with E-state index < -0.39 is 46.7 Å². The second-order valence-corrected chi connectivity index (χ2v) is 10.8. The average Bonchev–Trinajstić information content (AvgIpc) is 3.07. The van der Waals surface area contributed by atoms with E-state index in [1.54, 1.807) is 43.3 Å². The number of nitro groups is 1. The number of nitrogens with zero attached hydrogens (tertiary/aromatic N) is 1. The van der Waals surface area contributed by atoms with E-state index in [2.05, 4.69) is 33.9 Å². The van der Waals surface area contributed by atoms with Gasteiger partial charge in [0.2, 0.25) is 17.7 Å². The number of hydrogen-bond acceptors (Lipinski definition) is 10. The lowest BCUT2D eigenvalue weighted by molar-refractivity contribution is -0.420. The zero-order valence-corrected chi connectivity index (χ0v) is 26.9. The molecular formula is C33H38N6O7S. The molecule has 0 radical (unpaired) electrons. The fourth-order valence-corrected chi connectivity index (χ4v) is 5.01. The summed E-state index contributed by atoms with van der Waals surface area (Å²) in [7, 11) is 1.19. The van der Waals surface area contributed by atoms with Crippen LogP contribution in [0.1, 0.15) is 24.5 Å². The van der Waals surface area contributed by atoms with E-state index in [1.807, 2.05) is 24.3 Å². The second kappa shape index (κ2) is 18.0. The lowest BCUT2D eigenvalue weighted by atomic mass is 9.99. The molecule has 0 fully saturated rings. The number of methoxy groups -OCH3 is 1. The molecule has 0 spiro atoms. The van der Waals surface area contributed by atoms with Crippen LogP contribution in [-0.4, -0.2) is 71.9 Å². The van der Waals surface area contributed by atoms with Crippen LogP contribution in [0.25, 0.3) is 0 Å². The molecule has 1 aliphatic rings. The number of thiol groups is 1. The Labute approximate surface area is 278 Å². The van der Waals surface area contributed by atoms with Crippen molar-refractivity contribution < 1.29 is 28.8 Å². The van der Waals surface area contributed by atoms with Gasteiger partial charge in [-0.1, -0.05) is 66.7 Å². The standard InChI is InChI=1S/C33H38N6O7S/c1-3-23-28(39(44)45)15-14-24(30(23)34)35-17-16-29(40)36-25(18-21-10-6-4-7-11-21)31(41)37-26(19-22-12-8-5-9-13-22)32(42)38-27(20-47)33(43)46-2/h3-15,25-27,34-35,47H,16-20H2,1-2H3,(H,36,40)(H,37,41)(H,38,42). The van der Waals surface area contributed by atoms with E-state index in [0.29, 0.717) is 5.70 Å².